The highest BCUT2D eigenvalue weighted by atomic mass is 16.5. The highest BCUT2D eigenvalue weighted by molar-refractivity contribution is 5.84. The predicted octanol–water partition coefficient (Wildman–Crippen LogP) is 3.98. The lowest BCUT2D eigenvalue weighted by atomic mass is 10.1. The molecule has 1 aliphatic rings. The fourth-order valence-electron chi connectivity index (χ4n) is 4.79. The van der Waals surface area contributed by atoms with Gasteiger partial charge in [0.25, 0.3) is 0 Å². The van der Waals surface area contributed by atoms with Crippen molar-refractivity contribution in [1.29, 1.82) is 0 Å². The lowest BCUT2D eigenvalue weighted by Crippen LogP contribution is -2.47. The summed E-state index contributed by atoms with van der Waals surface area (Å²) in [5.41, 5.74) is 6.70. The van der Waals surface area contributed by atoms with E-state index in [-0.39, 0.29) is 0 Å². The van der Waals surface area contributed by atoms with Crippen molar-refractivity contribution in [2.45, 2.75) is 20.8 Å². The van der Waals surface area contributed by atoms with Gasteiger partial charge < -0.3 is 15.0 Å². The van der Waals surface area contributed by atoms with E-state index in [4.69, 9.17) is 9.72 Å². The van der Waals surface area contributed by atoms with Crippen LogP contribution in [-0.2, 0) is 0 Å². The molecule has 1 N–H and O–H groups in total. The Hall–Kier alpha value is -3.65. The van der Waals surface area contributed by atoms with E-state index in [1.165, 1.54) is 16.8 Å². The average molecular weight is 472 g/mol. The van der Waals surface area contributed by atoms with Gasteiger partial charge in [0.15, 0.2) is 17.0 Å². The maximum atomic E-state index is 5.29. The number of aromatic nitrogens is 4. The second-order valence-electron chi connectivity index (χ2n) is 9.06. The van der Waals surface area contributed by atoms with Gasteiger partial charge in [-0.3, -0.25) is 9.47 Å². The van der Waals surface area contributed by atoms with Crippen molar-refractivity contribution in [1.82, 2.24) is 24.4 Å². The second kappa shape index (κ2) is 9.92. The lowest BCUT2D eigenvalue weighted by molar-refractivity contribution is 0.267. The number of hydrogen-bond donors (Lipinski definition) is 1. The molecule has 1 fully saturated rings. The monoisotopic (exact) mass is 471 g/mol. The third-order valence-electron chi connectivity index (χ3n) is 6.95. The summed E-state index contributed by atoms with van der Waals surface area (Å²) in [4.78, 5) is 18.8. The molecule has 0 aliphatic carbocycles. The number of piperazine rings is 1. The molecule has 8 nitrogen and oxygen atoms in total. The van der Waals surface area contributed by atoms with Crippen LogP contribution in [0.15, 0.2) is 48.8 Å². The molecule has 1 saturated heterocycles. The summed E-state index contributed by atoms with van der Waals surface area (Å²) in [6, 6.07) is 14.5. The number of rotatable bonds is 7. The Morgan fingerprint density at radius 3 is 2.46 bits per heavy atom. The summed E-state index contributed by atoms with van der Waals surface area (Å²) in [6.45, 7) is 12.4. The zero-order chi connectivity index (χ0) is 24.4. The summed E-state index contributed by atoms with van der Waals surface area (Å²) in [7, 11) is 1.67. The summed E-state index contributed by atoms with van der Waals surface area (Å²) in [5.74, 6) is 2.47. The van der Waals surface area contributed by atoms with Gasteiger partial charge in [0.1, 0.15) is 17.9 Å². The van der Waals surface area contributed by atoms with Crippen molar-refractivity contribution in [3.05, 3.63) is 65.7 Å². The molecule has 35 heavy (non-hydrogen) atoms. The number of ether oxygens (including phenoxy) is 1. The van der Waals surface area contributed by atoms with E-state index in [2.05, 4.69) is 57.1 Å². The first kappa shape index (κ1) is 23.1. The van der Waals surface area contributed by atoms with Crippen LogP contribution in [0.5, 0.6) is 5.75 Å². The molecule has 0 spiro atoms. The molecule has 0 radical (unpaired) electrons. The Balaban J connectivity index is 1.22. The van der Waals surface area contributed by atoms with Gasteiger partial charge in [-0.05, 0) is 62.2 Å². The van der Waals surface area contributed by atoms with Crippen molar-refractivity contribution in [3.8, 4) is 11.4 Å². The SMILES string of the molecule is COc1ccc(-n2c(C)nc3c(NCCN4CCN(c5cccc(C)c5C)CC4)ncnc32)cc1. The molecule has 0 bridgehead atoms. The molecule has 8 heteroatoms. The topological polar surface area (TPSA) is 71.3 Å². The van der Waals surface area contributed by atoms with E-state index in [0.29, 0.717) is 0 Å². The highest BCUT2D eigenvalue weighted by Gasteiger charge is 2.19. The van der Waals surface area contributed by atoms with Crippen LogP contribution >= 0.6 is 0 Å². The standard InChI is InChI=1S/C27H33N7O/c1-19-6-5-7-24(20(19)2)33-16-14-32(15-17-33)13-12-28-26-25-27(30-18-29-26)34(21(3)31-25)22-8-10-23(35-4)11-9-22/h5-11,18H,12-17H2,1-4H3,(H,28,29,30). The van der Waals surface area contributed by atoms with Crippen LogP contribution in [0, 0.1) is 20.8 Å². The largest absolute Gasteiger partial charge is 0.497 e. The first-order chi connectivity index (χ1) is 17.0. The van der Waals surface area contributed by atoms with Crippen LogP contribution in [-0.4, -0.2) is 70.8 Å². The maximum absolute atomic E-state index is 5.29. The normalized spacial score (nSPS) is 14.5. The number of aryl methyl sites for hydroxylation is 2. The minimum Gasteiger partial charge on any atom is -0.497 e. The summed E-state index contributed by atoms with van der Waals surface area (Å²) >= 11 is 0. The van der Waals surface area contributed by atoms with Crippen LogP contribution in [0.3, 0.4) is 0 Å². The quantitative estimate of drug-likeness (QED) is 0.437. The van der Waals surface area contributed by atoms with Gasteiger partial charge in [-0.15, -0.1) is 0 Å². The minimum atomic E-state index is 0.777. The van der Waals surface area contributed by atoms with Gasteiger partial charge in [-0.1, -0.05) is 12.1 Å². The van der Waals surface area contributed by atoms with Crippen LogP contribution in [0.4, 0.5) is 11.5 Å². The Bertz CT molecular complexity index is 1310. The fourth-order valence-corrected chi connectivity index (χ4v) is 4.79. The van der Waals surface area contributed by atoms with E-state index in [1.807, 2.05) is 35.8 Å². The Morgan fingerprint density at radius 2 is 1.71 bits per heavy atom. The van der Waals surface area contributed by atoms with E-state index in [1.54, 1.807) is 13.4 Å². The number of methoxy groups -OCH3 is 1. The molecular weight excluding hydrogens is 438 g/mol. The molecule has 182 valence electrons. The van der Waals surface area contributed by atoms with Crippen LogP contribution < -0.4 is 15.0 Å². The minimum absolute atomic E-state index is 0.777. The number of nitrogens with one attached hydrogen (secondary N) is 1. The first-order valence-corrected chi connectivity index (χ1v) is 12.2. The Morgan fingerprint density at radius 1 is 0.943 bits per heavy atom. The number of imidazole rings is 1. The smallest absolute Gasteiger partial charge is 0.170 e. The molecule has 2 aromatic carbocycles. The van der Waals surface area contributed by atoms with Gasteiger partial charge in [-0.25, -0.2) is 15.0 Å². The molecule has 0 unspecified atom stereocenters. The van der Waals surface area contributed by atoms with E-state index >= 15 is 0 Å². The predicted molar refractivity (Wildman–Crippen MR) is 141 cm³/mol. The zero-order valence-corrected chi connectivity index (χ0v) is 21.0. The molecule has 0 atom stereocenters. The zero-order valence-electron chi connectivity index (χ0n) is 21.0. The molecule has 5 rings (SSSR count). The van der Waals surface area contributed by atoms with Crippen molar-refractivity contribution < 1.29 is 4.74 Å². The molecule has 1 aliphatic heterocycles. The van der Waals surface area contributed by atoms with Gasteiger partial charge in [-0.2, -0.15) is 0 Å². The van der Waals surface area contributed by atoms with Crippen molar-refractivity contribution in [3.63, 3.8) is 0 Å². The molecule has 2 aromatic heterocycles. The number of nitrogens with zero attached hydrogens (tertiary/aromatic N) is 6. The highest BCUT2D eigenvalue weighted by Crippen LogP contribution is 2.26. The van der Waals surface area contributed by atoms with Gasteiger partial charge in [0, 0.05) is 50.6 Å². The maximum Gasteiger partial charge on any atom is 0.170 e. The Labute approximate surface area is 206 Å². The third kappa shape index (κ3) is 4.66. The summed E-state index contributed by atoms with van der Waals surface area (Å²) in [6.07, 6.45) is 1.61. The van der Waals surface area contributed by atoms with Crippen molar-refractivity contribution in [2.75, 3.05) is 56.6 Å². The molecule has 0 amide bonds. The fraction of sp³-hybridized carbons (Fsp3) is 0.370. The van der Waals surface area contributed by atoms with Gasteiger partial charge in [0.2, 0.25) is 0 Å². The number of anilines is 2. The van der Waals surface area contributed by atoms with E-state index in [0.717, 1.165) is 73.5 Å². The van der Waals surface area contributed by atoms with E-state index < -0.39 is 0 Å². The second-order valence-corrected chi connectivity index (χ2v) is 9.06. The molecule has 4 aromatic rings. The molecular formula is C27H33N7O. The van der Waals surface area contributed by atoms with Crippen molar-refractivity contribution in [2.24, 2.45) is 0 Å². The van der Waals surface area contributed by atoms with Gasteiger partial charge in [0.05, 0.1) is 7.11 Å². The lowest BCUT2D eigenvalue weighted by Gasteiger charge is -2.37. The van der Waals surface area contributed by atoms with E-state index in [9.17, 15) is 0 Å². The van der Waals surface area contributed by atoms with Crippen LogP contribution in [0.25, 0.3) is 16.9 Å². The van der Waals surface area contributed by atoms with Crippen LogP contribution in [0.2, 0.25) is 0 Å². The van der Waals surface area contributed by atoms with Crippen molar-refractivity contribution >= 4 is 22.7 Å². The molecule has 0 saturated carbocycles. The summed E-state index contributed by atoms with van der Waals surface area (Å²) in [5, 5.41) is 3.50. The van der Waals surface area contributed by atoms with Gasteiger partial charge >= 0.3 is 0 Å². The summed E-state index contributed by atoms with van der Waals surface area (Å²) < 4.78 is 7.34. The third-order valence-corrected chi connectivity index (χ3v) is 6.95. The number of fused-ring (bicyclic) bond motifs is 1. The first-order valence-electron chi connectivity index (χ1n) is 12.2. The number of hydrogen-bond acceptors (Lipinski definition) is 7. The molecule has 3 heterocycles. The average Bonchev–Trinajstić information content (AvgIpc) is 3.23. The Kier molecular flexibility index (Phi) is 6.55. The van der Waals surface area contributed by atoms with Crippen LogP contribution in [0.1, 0.15) is 17.0 Å². The number of benzene rings is 2.